The summed E-state index contributed by atoms with van der Waals surface area (Å²) in [5.41, 5.74) is 1.74. The molecule has 3 heterocycles. The molecule has 0 bridgehead atoms. The molecule has 0 aliphatic carbocycles. The fourth-order valence-electron chi connectivity index (χ4n) is 3.19. The number of benzene rings is 2. The summed E-state index contributed by atoms with van der Waals surface area (Å²) in [7, 11) is 0. The number of halogens is 1. The number of anilines is 5. The van der Waals surface area contributed by atoms with Crippen LogP contribution in [0, 0.1) is 5.82 Å². The van der Waals surface area contributed by atoms with Crippen LogP contribution in [0.2, 0.25) is 0 Å². The molecule has 156 valence electrons. The lowest BCUT2D eigenvalue weighted by Gasteiger charge is -2.31. The highest BCUT2D eigenvalue weighted by molar-refractivity contribution is 6.00. The first-order valence-electron chi connectivity index (χ1n) is 9.52. The number of aromatic nitrogens is 4. The fourth-order valence-corrected chi connectivity index (χ4v) is 3.19. The molecule has 0 fully saturated rings. The lowest BCUT2D eigenvalue weighted by molar-refractivity contribution is -0.129. The van der Waals surface area contributed by atoms with Gasteiger partial charge in [-0.3, -0.25) is 9.89 Å². The Labute approximate surface area is 176 Å². The van der Waals surface area contributed by atoms with Crippen molar-refractivity contribution < 1.29 is 13.9 Å². The molecule has 0 atom stereocenters. The van der Waals surface area contributed by atoms with E-state index >= 15 is 0 Å². The maximum atomic E-state index is 14.3. The summed E-state index contributed by atoms with van der Waals surface area (Å²) in [5, 5.41) is 16.5. The highest BCUT2D eigenvalue weighted by atomic mass is 19.1. The number of nitrogens with one attached hydrogen (secondary N) is 4. The summed E-state index contributed by atoms with van der Waals surface area (Å²) >= 11 is 0. The van der Waals surface area contributed by atoms with Gasteiger partial charge in [0.25, 0.3) is 5.91 Å². The summed E-state index contributed by atoms with van der Waals surface area (Å²) in [5.74, 6) is -0.0529. The summed E-state index contributed by atoms with van der Waals surface area (Å²) < 4.78 is 20.0. The van der Waals surface area contributed by atoms with Gasteiger partial charge in [0.2, 0.25) is 5.95 Å². The van der Waals surface area contributed by atoms with Gasteiger partial charge in [0, 0.05) is 16.8 Å². The van der Waals surface area contributed by atoms with Crippen molar-refractivity contribution in [2.24, 2.45) is 0 Å². The molecule has 4 aromatic rings. The van der Waals surface area contributed by atoms with Gasteiger partial charge in [-0.15, -0.1) is 0 Å². The van der Waals surface area contributed by atoms with Crippen molar-refractivity contribution in [3.8, 4) is 5.75 Å². The number of amides is 1. The van der Waals surface area contributed by atoms with Crippen molar-refractivity contribution in [1.29, 1.82) is 0 Å². The highest BCUT2D eigenvalue weighted by Crippen LogP contribution is 2.36. The van der Waals surface area contributed by atoms with Crippen LogP contribution in [-0.2, 0) is 4.79 Å². The number of H-pyrrole nitrogens is 1. The van der Waals surface area contributed by atoms with Gasteiger partial charge in [-0.1, -0.05) is 0 Å². The van der Waals surface area contributed by atoms with Crippen LogP contribution < -0.4 is 20.7 Å². The second-order valence-corrected chi connectivity index (χ2v) is 7.59. The number of hydrogen-bond donors (Lipinski definition) is 4. The molecular formula is C21H18FN7O2. The van der Waals surface area contributed by atoms with Gasteiger partial charge in [0.1, 0.15) is 5.75 Å². The van der Waals surface area contributed by atoms with Gasteiger partial charge < -0.3 is 20.7 Å². The molecule has 4 N–H and O–H groups in total. The Morgan fingerprint density at radius 2 is 1.87 bits per heavy atom. The summed E-state index contributed by atoms with van der Waals surface area (Å²) in [6.07, 6.45) is 2.77. The average Bonchev–Trinajstić information content (AvgIpc) is 3.19. The van der Waals surface area contributed by atoms with Crippen molar-refractivity contribution in [2.45, 2.75) is 19.4 Å². The molecule has 2 aromatic heterocycles. The summed E-state index contributed by atoms with van der Waals surface area (Å²) in [4.78, 5) is 20.4. The minimum absolute atomic E-state index is 0.0247. The average molecular weight is 419 g/mol. The molecule has 1 aliphatic heterocycles. The largest absolute Gasteiger partial charge is 0.476 e. The molecule has 0 unspecified atom stereocenters. The third-order valence-corrected chi connectivity index (χ3v) is 4.84. The van der Waals surface area contributed by atoms with E-state index in [-0.39, 0.29) is 17.7 Å². The number of rotatable bonds is 4. The Morgan fingerprint density at radius 1 is 1.06 bits per heavy atom. The maximum absolute atomic E-state index is 14.3. The van der Waals surface area contributed by atoms with Crippen molar-refractivity contribution in [1.82, 2.24) is 20.2 Å². The van der Waals surface area contributed by atoms with Gasteiger partial charge >= 0.3 is 0 Å². The van der Waals surface area contributed by atoms with E-state index in [0.717, 1.165) is 17.1 Å². The van der Waals surface area contributed by atoms with E-state index in [1.807, 2.05) is 12.1 Å². The van der Waals surface area contributed by atoms with Gasteiger partial charge in [-0.2, -0.15) is 10.1 Å². The summed E-state index contributed by atoms with van der Waals surface area (Å²) in [6.45, 7) is 3.39. The Balaban J connectivity index is 1.38. The van der Waals surface area contributed by atoms with Crippen LogP contribution in [0.5, 0.6) is 5.75 Å². The van der Waals surface area contributed by atoms with Crippen LogP contribution in [0.15, 0.2) is 48.8 Å². The van der Waals surface area contributed by atoms with Gasteiger partial charge in [-0.25, -0.2) is 9.37 Å². The number of nitrogens with zero attached hydrogens (tertiary/aromatic N) is 3. The first kappa shape index (κ1) is 18.8. The predicted molar refractivity (Wildman–Crippen MR) is 114 cm³/mol. The Hall–Kier alpha value is -4.21. The van der Waals surface area contributed by atoms with Crippen LogP contribution in [0.1, 0.15) is 13.8 Å². The molecule has 9 nitrogen and oxygen atoms in total. The third kappa shape index (κ3) is 3.59. The van der Waals surface area contributed by atoms with Crippen molar-refractivity contribution in [3.63, 3.8) is 0 Å². The quantitative estimate of drug-likeness (QED) is 0.394. The van der Waals surface area contributed by atoms with Gasteiger partial charge in [0.05, 0.1) is 23.6 Å². The minimum atomic E-state index is -0.942. The van der Waals surface area contributed by atoms with Crippen molar-refractivity contribution in [2.75, 3.05) is 16.0 Å². The van der Waals surface area contributed by atoms with Crippen LogP contribution in [0.3, 0.4) is 0 Å². The van der Waals surface area contributed by atoms with E-state index in [1.165, 1.54) is 0 Å². The lowest BCUT2D eigenvalue weighted by Crippen LogP contribution is -2.45. The molecule has 1 amide bonds. The van der Waals surface area contributed by atoms with Crippen LogP contribution in [0.25, 0.3) is 10.9 Å². The second-order valence-electron chi connectivity index (χ2n) is 7.59. The number of ether oxygens (including phenoxy) is 1. The monoisotopic (exact) mass is 419 g/mol. The molecule has 1 aliphatic rings. The molecule has 10 heteroatoms. The number of aromatic amines is 1. The zero-order chi connectivity index (χ0) is 21.6. The molecule has 0 spiro atoms. The topological polar surface area (TPSA) is 117 Å². The summed E-state index contributed by atoms with van der Waals surface area (Å²) in [6, 6.07) is 10.7. The Morgan fingerprint density at radius 3 is 2.74 bits per heavy atom. The second kappa shape index (κ2) is 6.94. The molecule has 0 radical (unpaired) electrons. The first-order valence-corrected chi connectivity index (χ1v) is 9.52. The molecular weight excluding hydrogens is 401 g/mol. The number of hydrogen-bond acceptors (Lipinski definition) is 7. The van der Waals surface area contributed by atoms with Gasteiger partial charge in [-0.05, 0) is 50.2 Å². The number of carbonyl (C=O) groups excluding carboxylic acids is 1. The lowest BCUT2D eigenvalue weighted by atomic mass is 10.1. The Bertz CT molecular complexity index is 1320. The third-order valence-electron chi connectivity index (χ3n) is 4.84. The van der Waals surface area contributed by atoms with Gasteiger partial charge in [0.15, 0.2) is 17.2 Å². The normalized spacial score (nSPS) is 14.5. The van der Waals surface area contributed by atoms with Crippen LogP contribution in [-0.4, -0.2) is 31.7 Å². The molecule has 5 rings (SSSR count). The standard InChI is InChI=1S/C21H18FN7O2/c1-21(2)19(30)27-16-8-13(4-6-17(16)31-21)26-20-23-10-14(22)18(28-20)25-12-3-5-15-11(7-12)9-24-29-15/h3-10H,1-2H3,(H,24,29)(H,27,30)(H2,23,25,26,28). The first-order chi connectivity index (χ1) is 14.9. The zero-order valence-corrected chi connectivity index (χ0v) is 16.7. The number of fused-ring (bicyclic) bond motifs is 2. The molecule has 0 saturated heterocycles. The highest BCUT2D eigenvalue weighted by Gasteiger charge is 2.35. The SMILES string of the molecule is CC1(C)Oc2ccc(Nc3ncc(F)c(Nc4ccc5[nH]ncc5c4)n3)cc2NC1=O. The zero-order valence-electron chi connectivity index (χ0n) is 16.7. The smallest absolute Gasteiger partial charge is 0.268 e. The fraction of sp³-hybridized carbons (Fsp3) is 0.143. The number of carbonyl (C=O) groups is 1. The van der Waals surface area contributed by atoms with E-state index in [1.54, 1.807) is 44.3 Å². The minimum Gasteiger partial charge on any atom is -0.476 e. The molecule has 2 aromatic carbocycles. The predicted octanol–water partition coefficient (Wildman–Crippen LogP) is 4.09. The molecule has 0 saturated carbocycles. The van der Waals surface area contributed by atoms with E-state index in [4.69, 9.17) is 4.74 Å². The van der Waals surface area contributed by atoms with E-state index in [0.29, 0.717) is 22.8 Å². The van der Waals surface area contributed by atoms with Crippen molar-refractivity contribution >= 4 is 45.6 Å². The Kier molecular flexibility index (Phi) is 4.21. The van der Waals surface area contributed by atoms with E-state index in [2.05, 4.69) is 36.1 Å². The van der Waals surface area contributed by atoms with Crippen LogP contribution in [0.4, 0.5) is 33.2 Å². The maximum Gasteiger partial charge on any atom is 0.268 e. The van der Waals surface area contributed by atoms with E-state index in [9.17, 15) is 9.18 Å². The van der Waals surface area contributed by atoms with Crippen LogP contribution >= 0.6 is 0 Å². The van der Waals surface area contributed by atoms with Crippen molar-refractivity contribution in [3.05, 3.63) is 54.6 Å². The molecule has 31 heavy (non-hydrogen) atoms. The van der Waals surface area contributed by atoms with E-state index < -0.39 is 11.4 Å².